The normalized spacial score (nSPS) is 11.0. The number of nitrogens with one attached hydrogen (secondary N) is 3. The number of furan rings is 1. The van der Waals surface area contributed by atoms with Gasteiger partial charge in [-0.3, -0.25) is 19.2 Å². The predicted molar refractivity (Wildman–Crippen MR) is 180 cm³/mol. The fourth-order valence-corrected chi connectivity index (χ4v) is 4.98. The first kappa shape index (κ1) is 31.6. The van der Waals surface area contributed by atoms with Gasteiger partial charge < -0.3 is 26.1 Å². The van der Waals surface area contributed by atoms with Crippen LogP contribution in [0.5, 0.6) is 0 Å². The Morgan fingerprint density at radius 1 is 0.739 bits per heavy atom. The summed E-state index contributed by atoms with van der Waals surface area (Å²) in [5.41, 5.74) is 9.06. The summed E-state index contributed by atoms with van der Waals surface area (Å²) in [6.45, 7) is 2.00. The number of rotatable bonds is 11. The average molecular weight is 631 g/mol. The van der Waals surface area contributed by atoms with E-state index in [-0.39, 0.29) is 17.4 Å². The van der Waals surface area contributed by atoms with Crippen molar-refractivity contribution < 1.29 is 23.6 Å². The molecule has 0 aliphatic rings. The van der Waals surface area contributed by atoms with Crippen molar-refractivity contribution in [3.63, 3.8) is 0 Å². The molecule has 0 saturated heterocycles. The van der Waals surface area contributed by atoms with Crippen LogP contribution in [0.1, 0.15) is 32.0 Å². The lowest BCUT2D eigenvalue weighted by atomic mass is 10.1. The Bertz CT molecular complexity index is 1880. The monoisotopic (exact) mass is 630 g/mol. The summed E-state index contributed by atoms with van der Waals surface area (Å²) in [7, 11) is 0. The minimum atomic E-state index is -0.542. The maximum absolute atomic E-state index is 13.4. The molecule has 0 unspecified atom stereocenters. The van der Waals surface area contributed by atoms with Crippen LogP contribution in [-0.2, 0) is 9.59 Å². The van der Waals surface area contributed by atoms with Crippen molar-refractivity contribution in [2.24, 2.45) is 5.73 Å². The van der Waals surface area contributed by atoms with Gasteiger partial charge in [-0.2, -0.15) is 0 Å². The molecule has 0 saturated carbocycles. The molecule has 230 valence electrons. The summed E-state index contributed by atoms with van der Waals surface area (Å²) in [6.07, 6.45) is 1.48. The highest BCUT2D eigenvalue weighted by Gasteiger charge is 2.17. The molecule has 0 fully saturated rings. The zero-order chi connectivity index (χ0) is 32.5. The fraction of sp³-hybridized carbons (Fsp3) is 0.0556. The van der Waals surface area contributed by atoms with Gasteiger partial charge in [0, 0.05) is 39.0 Å². The molecule has 10 heteroatoms. The summed E-state index contributed by atoms with van der Waals surface area (Å²) in [5.74, 6) is -0.578. The number of thioether (sulfide) groups is 1. The van der Waals surface area contributed by atoms with Crippen molar-refractivity contribution in [2.45, 2.75) is 11.8 Å². The molecule has 4 aromatic carbocycles. The molecule has 0 spiro atoms. The molecule has 1 heterocycles. The van der Waals surface area contributed by atoms with Crippen LogP contribution in [0.25, 0.3) is 17.4 Å². The molecule has 46 heavy (non-hydrogen) atoms. The van der Waals surface area contributed by atoms with E-state index in [1.165, 1.54) is 17.8 Å². The Hall–Kier alpha value is -5.87. The molecule has 5 rings (SSSR count). The molecular weight excluding hydrogens is 600 g/mol. The fourth-order valence-electron chi connectivity index (χ4n) is 4.28. The molecule has 0 atom stereocenters. The predicted octanol–water partition coefficient (Wildman–Crippen LogP) is 6.49. The van der Waals surface area contributed by atoms with Gasteiger partial charge in [-0.15, -0.1) is 11.8 Å². The van der Waals surface area contributed by atoms with Crippen LogP contribution in [0.2, 0.25) is 0 Å². The van der Waals surface area contributed by atoms with E-state index in [2.05, 4.69) is 16.0 Å². The average Bonchev–Trinajstić information content (AvgIpc) is 3.53. The molecule has 5 aromatic rings. The Labute approximate surface area is 269 Å². The van der Waals surface area contributed by atoms with Crippen LogP contribution in [0, 0.1) is 6.92 Å². The lowest BCUT2D eigenvalue weighted by molar-refractivity contribution is -0.114. The smallest absolute Gasteiger partial charge is 0.272 e. The molecule has 1 aromatic heterocycles. The van der Waals surface area contributed by atoms with E-state index in [1.54, 1.807) is 91.0 Å². The number of primary amides is 1. The van der Waals surface area contributed by atoms with Gasteiger partial charge in [0.05, 0.1) is 5.75 Å². The van der Waals surface area contributed by atoms with Crippen LogP contribution in [0.4, 0.5) is 11.4 Å². The number of carbonyl (C=O) groups is 4. The molecule has 0 radical (unpaired) electrons. The summed E-state index contributed by atoms with van der Waals surface area (Å²) in [4.78, 5) is 50.8. The second-order valence-corrected chi connectivity index (χ2v) is 11.3. The Morgan fingerprint density at radius 2 is 1.39 bits per heavy atom. The van der Waals surface area contributed by atoms with Gasteiger partial charge >= 0.3 is 0 Å². The van der Waals surface area contributed by atoms with Gasteiger partial charge in [-0.05, 0) is 79.7 Å². The van der Waals surface area contributed by atoms with Gasteiger partial charge in [-0.1, -0.05) is 48.0 Å². The van der Waals surface area contributed by atoms with Gasteiger partial charge in [0.1, 0.15) is 17.2 Å². The number of hydrogen-bond acceptors (Lipinski definition) is 6. The van der Waals surface area contributed by atoms with E-state index in [9.17, 15) is 19.2 Å². The second-order valence-electron chi connectivity index (χ2n) is 10.2. The van der Waals surface area contributed by atoms with E-state index in [1.807, 2.05) is 31.2 Å². The SMILES string of the molecule is Cc1ccc(-c2ccc(/C=C(\NC(=O)c3ccccc3)C(=O)Nc3ccc(SCC(=O)Nc4ccc(C(N)=O)cc4)cc3)o2)cc1. The van der Waals surface area contributed by atoms with Crippen molar-refractivity contribution >= 4 is 52.8 Å². The van der Waals surface area contributed by atoms with Crippen LogP contribution >= 0.6 is 11.8 Å². The molecule has 0 bridgehead atoms. The second kappa shape index (κ2) is 14.7. The standard InChI is InChI=1S/C36H30N4O5S/c1-23-7-9-24(10-8-23)32-20-17-29(45-32)21-31(40-35(43)26-5-3-2-4-6-26)36(44)39-28-15-18-30(19-16-28)46-22-33(41)38-27-13-11-25(12-14-27)34(37)42/h2-21H,22H2,1H3,(H2,37,42)(H,38,41)(H,39,44)(H,40,43)/b31-21-. The van der Waals surface area contributed by atoms with E-state index < -0.39 is 17.7 Å². The minimum Gasteiger partial charge on any atom is -0.457 e. The quantitative estimate of drug-likeness (QED) is 0.0970. The van der Waals surface area contributed by atoms with Gasteiger partial charge in [-0.25, -0.2) is 0 Å². The first-order valence-electron chi connectivity index (χ1n) is 14.2. The van der Waals surface area contributed by atoms with E-state index in [0.717, 1.165) is 16.0 Å². The number of hydrogen-bond donors (Lipinski definition) is 4. The highest BCUT2D eigenvalue weighted by Crippen LogP contribution is 2.25. The maximum Gasteiger partial charge on any atom is 0.272 e. The number of anilines is 2. The number of aryl methyl sites for hydroxylation is 1. The summed E-state index contributed by atoms with van der Waals surface area (Å²) in [5, 5.41) is 8.30. The van der Waals surface area contributed by atoms with E-state index >= 15 is 0 Å². The van der Waals surface area contributed by atoms with E-state index in [0.29, 0.717) is 34.0 Å². The van der Waals surface area contributed by atoms with Crippen LogP contribution in [-0.4, -0.2) is 29.4 Å². The van der Waals surface area contributed by atoms with Crippen LogP contribution in [0.3, 0.4) is 0 Å². The first-order valence-corrected chi connectivity index (χ1v) is 15.2. The Kier molecular flexibility index (Phi) is 10.1. The topological polar surface area (TPSA) is 144 Å². The van der Waals surface area contributed by atoms with Crippen molar-refractivity contribution in [3.05, 3.63) is 143 Å². The van der Waals surface area contributed by atoms with Gasteiger partial charge in [0.25, 0.3) is 11.8 Å². The van der Waals surface area contributed by atoms with Gasteiger partial charge in [0.15, 0.2) is 0 Å². The first-order chi connectivity index (χ1) is 22.2. The zero-order valence-electron chi connectivity index (χ0n) is 24.8. The Balaban J connectivity index is 1.24. The van der Waals surface area contributed by atoms with Crippen molar-refractivity contribution in [1.29, 1.82) is 0 Å². The van der Waals surface area contributed by atoms with E-state index in [4.69, 9.17) is 10.2 Å². The van der Waals surface area contributed by atoms with Crippen molar-refractivity contribution in [3.8, 4) is 11.3 Å². The molecule has 5 N–H and O–H groups in total. The molecule has 0 aliphatic carbocycles. The van der Waals surface area contributed by atoms with Crippen LogP contribution < -0.4 is 21.7 Å². The van der Waals surface area contributed by atoms with Gasteiger partial charge in [0.2, 0.25) is 11.8 Å². The largest absolute Gasteiger partial charge is 0.457 e. The minimum absolute atomic E-state index is 0.00218. The number of carbonyl (C=O) groups excluding carboxylic acids is 4. The lowest BCUT2D eigenvalue weighted by Crippen LogP contribution is -2.30. The zero-order valence-corrected chi connectivity index (χ0v) is 25.6. The Morgan fingerprint density at radius 3 is 2.07 bits per heavy atom. The molecule has 4 amide bonds. The third-order valence-corrected chi connectivity index (χ3v) is 7.73. The summed E-state index contributed by atoms with van der Waals surface area (Å²) in [6, 6.07) is 33.3. The maximum atomic E-state index is 13.4. The highest BCUT2D eigenvalue weighted by atomic mass is 32.2. The third-order valence-electron chi connectivity index (χ3n) is 6.71. The molecule has 9 nitrogen and oxygen atoms in total. The molecule has 0 aliphatic heterocycles. The summed E-state index contributed by atoms with van der Waals surface area (Å²) >= 11 is 1.32. The number of nitrogens with two attached hydrogens (primary N) is 1. The summed E-state index contributed by atoms with van der Waals surface area (Å²) < 4.78 is 5.98. The number of amides is 4. The van der Waals surface area contributed by atoms with Crippen molar-refractivity contribution in [2.75, 3.05) is 16.4 Å². The highest BCUT2D eigenvalue weighted by molar-refractivity contribution is 8.00. The number of benzene rings is 4. The van der Waals surface area contributed by atoms with Crippen LogP contribution in [0.15, 0.2) is 130 Å². The third kappa shape index (κ3) is 8.61. The lowest BCUT2D eigenvalue weighted by Gasteiger charge is -2.11. The van der Waals surface area contributed by atoms with Crippen molar-refractivity contribution in [1.82, 2.24) is 5.32 Å². The molecular formula is C36H30N4O5S.